The maximum Gasteiger partial charge on any atom is 0.387 e. The van der Waals surface area contributed by atoms with Gasteiger partial charge < -0.3 is 9.47 Å². The molecule has 23 heavy (non-hydrogen) atoms. The van der Waals surface area contributed by atoms with Gasteiger partial charge in [0.1, 0.15) is 17.6 Å². The Labute approximate surface area is 134 Å². The van der Waals surface area contributed by atoms with E-state index in [1.165, 1.54) is 0 Å². The number of rotatable bonds is 4. The third kappa shape index (κ3) is 3.99. The van der Waals surface area contributed by atoms with Crippen molar-refractivity contribution in [3.63, 3.8) is 0 Å². The lowest BCUT2D eigenvalue weighted by Crippen LogP contribution is -2.30. The van der Waals surface area contributed by atoms with Gasteiger partial charge in [-0.3, -0.25) is 4.90 Å². The molecule has 0 fully saturated rings. The highest BCUT2D eigenvalue weighted by Crippen LogP contribution is 2.28. The molecule has 0 radical (unpaired) electrons. The van der Waals surface area contributed by atoms with E-state index in [0.717, 1.165) is 23.4 Å². The lowest BCUT2D eigenvalue weighted by Gasteiger charge is -2.23. The molecule has 0 spiro atoms. The minimum atomic E-state index is -2.82. The highest BCUT2D eigenvalue weighted by atomic mass is 19.3. The molecule has 0 N–H and O–H groups in total. The number of fused-ring (bicyclic) bond motifs is 1. The summed E-state index contributed by atoms with van der Waals surface area (Å²) in [5.74, 6) is 1.12. The molecule has 2 aromatic carbocycles. The second-order valence-corrected chi connectivity index (χ2v) is 5.69. The van der Waals surface area contributed by atoms with Crippen LogP contribution in [0.5, 0.6) is 11.5 Å². The molecule has 0 aliphatic carbocycles. The van der Waals surface area contributed by atoms with E-state index >= 15 is 0 Å². The molecule has 1 aliphatic heterocycles. The van der Waals surface area contributed by atoms with Gasteiger partial charge in [0.2, 0.25) is 0 Å². The van der Waals surface area contributed by atoms with Crippen LogP contribution in [0.1, 0.15) is 18.1 Å². The molecule has 1 heterocycles. The lowest BCUT2D eigenvalue weighted by molar-refractivity contribution is -0.0508. The van der Waals surface area contributed by atoms with Gasteiger partial charge in [-0.25, -0.2) is 0 Å². The van der Waals surface area contributed by atoms with E-state index in [1.807, 2.05) is 43.3 Å². The highest BCUT2D eigenvalue weighted by molar-refractivity contribution is 5.36. The van der Waals surface area contributed by atoms with Gasteiger partial charge >= 0.3 is 6.61 Å². The van der Waals surface area contributed by atoms with Gasteiger partial charge in [-0.1, -0.05) is 36.4 Å². The molecule has 3 nitrogen and oxygen atoms in total. The molecule has 2 aromatic rings. The second-order valence-electron chi connectivity index (χ2n) is 5.69. The van der Waals surface area contributed by atoms with E-state index in [2.05, 4.69) is 9.64 Å². The number of hydrogen-bond acceptors (Lipinski definition) is 3. The first kappa shape index (κ1) is 15.7. The van der Waals surface area contributed by atoms with Gasteiger partial charge in [-0.05, 0) is 19.1 Å². The third-order valence-corrected chi connectivity index (χ3v) is 3.79. The van der Waals surface area contributed by atoms with Gasteiger partial charge in [0.05, 0.1) is 0 Å². The van der Waals surface area contributed by atoms with E-state index in [0.29, 0.717) is 13.1 Å². The van der Waals surface area contributed by atoms with Crippen molar-refractivity contribution in [2.24, 2.45) is 0 Å². The number of benzene rings is 2. The number of ether oxygens (including phenoxy) is 2. The fourth-order valence-corrected chi connectivity index (χ4v) is 2.88. The average molecular weight is 319 g/mol. The molecular formula is C18H19F2NO2. The molecular weight excluding hydrogens is 300 g/mol. The Morgan fingerprint density at radius 3 is 2.74 bits per heavy atom. The zero-order valence-electron chi connectivity index (χ0n) is 12.9. The first-order valence-electron chi connectivity index (χ1n) is 7.61. The maximum atomic E-state index is 12.5. The van der Waals surface area contributed by atoms with Crippen LogP contribution >= 0.6 is 0 Å². The van der Waals surface area contributed by atoms with Crippen molar-refractivity contribution < 1.29 is 18.3 Å². The van der Waals surface area contributed by atoms with E-state index in [4.69, 9.17) is 4.74 Å². The Hall–Kier alpha value is -2.14. The van der Waals surface area contributed by atoms with Crippen molar-refractivity contribution in [3.8, 4) is 11.5 Å². The van der Waals surface area contributed by atoms with Crippen LogP contribution in [-0.2, 0) is 13.1 Å². The summed E-state index contributed by atoms with van der Waals surface area (Å²) >= 11 is 0. The summed E-state index contributed by atoms with van der Waals surface area (Å²) < 4.78 is 35.6. The molecule has 3 rings (SSSR count). The van der Waals surface area contributed by atoms with Crippen molar-refractivity contribution in [2.75, 3.05) is 6.54 Å². The van der Waals surface area contributed by atoms with E-state index < -0.39 is 6.61 Å². The number of alkyl halides is 2. The molecule has 0 saturated heterocycles. The smallest absolute Gasteiger partial charge is 0.387 e. The van der Waals surface area contributed by atoms with Crippen LogP contribution in [0.25, 0.3) is 0 Å². The number of para-hydroxylation sites is 2. The normalized spacial score (nSPS) is 18.2. The topological polar surface area (TPSA) is 21.7 Å². The van der Waals surface area contributed by atoms with Crippen molar-refractivity contribution in [3.05, 3.63) is 59.7 Å². The van der Waals surface area contributed by atoms with Crippen LogP contribution in [0.15, 0.2) is 48.5 Å². The lowest BCUT2D eigenvalue weighted by atomic mass is 10.1. The predicted molar refractivity (Wildman–Crippen MR) is 83.7 cm³/mol. The second kappa shape index (κ2) is 6.96. The summed E-state index contributed by atoms with van der Waals surface area (Å²) in [6.45, 7) is 1.16. The molecule has 122 valence electrons. The van der Waals surface area contributed by atoms with Gasteiger partial charge in [0.15, 0.2) is 0 Å². The average Bonchev–Trinajstić information content (AvgIpc) is 2.66. The van der Waals surface area contributed by atoms with Crippen LogP contribution in [0.4, 0.5) is 8.78 Å². The summed E-state index contributed by atoms with van der Waals surface area (Å²) in [5, 5.41) is 0. The molecule has 0 aromatic heterocycles. The van der Waals surface area contributed by atoms with Crippen LogP contribution < -0.4 is 9.47 Å². The number of nitrogens with zero attached hydrogens (tertiary/aromatic N) is 1. The van der Waals surface area contributed by atoms with Crippen LogP contribution in [0, 0.1) is 0 Å². The standard InChI is InChI=1S/C18H19F2NO2/c1-13-10-21(11-14-6-2-4-8-16(14)22-13)12-15-7-3-5-9-17(15)23-18(19)20/h2-9,13,18H,10-12H2,1H3/t13-/m1/s1. The van der Waals surface area contributed by atoms with Crippen LogP contribution in [0.2, 0.25) is 0 Å². The minimum Gasteiger partial charge on any atom is -0.489 e. The largest absolute Gasteiger partial charge is 0.489 e. The molecule has 5 heteroatoms. The molecule has 0 bridgehead atoms. The van der Waals surface area contributed by atoms with E-state index in [-0.39, 0.29) is 11.9 Å². The first-order valence-corrected chi connectivity index (χ1v) is 7.61. The van der Waals surface area contributed by atoms with Crippen LogP contribution in [0.3, 0.4) is 0 Å². The molecule has 0 amide bonds. The Balaban J connectivity index is 1.80. The number of halogens is 2. The quantitative estimate of drug-likeness (QED) is 0.848. The molecule has 0 unspecified atom stereocenters. The Morgan fingerprint density at radius 1 is 1.17 bits per heavy atom. The fraction of sp³-hybridized carbons (Fsp3) is 0.333. The maximum absolute atomic E-state index is 12.5. The minimum absolute atomic E-state index is 0.0295. The summed E-state index contributed by atoms with van der Waals surface area (Å²) in [7, 11) is 0. The molecule has 0 saturated carbocycles. The summed E-state index contributed by atoms with van der Waals surface area (Å²) in [4.78, 5) is 2.18. The van der Waals surface area contributed by atoms with Crippen molar-refractivity contribution in [1.29, 1.82) is 0 Å². The summed E-state index contributed by atoms with van der Waals surface area (Å²) in [6, 6.07) is 14.8. The Kier molecular flexibility index (Phi) is 4.76. The monoisotopic (exact) mass is 319 g/mol. The third-order valence-electron chi connectivity index (χ3n) is 3.79. The Bertz CT molecular complexity index is 663. The number of hydrogen-bond donors (Lipinski definition) is 0. The van der Waals surface area contributed by atoms with Gasteiger partial charge in [0, 0.05) is 30.8 Å². The summed E-state index contributed by atoms with van der Waals surface area (Å²) in [6.07, 6.45) is 0.0295. The molecule has 1 atom stereocenters. The highest BCUT2D eigenvalue weighted by Gasteiger charge is 2.21. The summed E-state index contributed by atoms with van der Waals surface area (Å²) in [5.41, 5.74) is 1.85. The van der Waals surface area contributed by atoms with Gasteiger partial charge in [-0.15, -0.1) is 0 Å². The zero-order valence-corrected chi connectivity index (χ0v) is 12.9. The van der Waals surface area contributed by atoms with Crippen molar-refractivity contribution >= 4 is 0 Å². The molecule has 1 aliphatic rings. The van der Waals surface area contributed by atoms with E-state index in [9.17, 15) is 8.78 Å². The predicted octanol–water partition coefficient (Wildman–Crippen LogP) is 4.07. The zero-order chi connectivity index (χ0) is 16.2. The van der Waals surface area contributed by atoms with Crippen LogP contribution in [-0.4, -0.2) is 24.2 Å². The first-order chi connectivity index (χ1) is 11.1. The van der Waals surface area contributed by atoms with Gasteiger partial charge in [-0.2, -0.15) is 8.78 Å². The van der Waals surface area contributed by atoms with E-state index in [1.54, 1.807) is 12.1 Å². The SMILES string of the molecule is C[C@@H]1CN(Cc2ccccc2OC(F)F)Cc2ccccc2O1. The fourth-order valence-electron chi connectivity index (χ4n) is 2.88. The van der Waals surface area contributed by atoms with Gasteiger partial charge in [0.25, 0.3) is 0 Å². The van der Waals surface area contributed by atoms with Crippen molar-refractivity contribution in [1.82, 2.24) is 4.90 Å². The Morgan fingerprint density at radius 2 is 1.91 bits per heavy atom. The van der Waals surface area contributed by atoms with Crippen molar-refractivity contribution in [2.45, 2.75) is 32.7 Å².